The van der Waals surface area contributed by atoms with Crippen molar-refractivity contribution in [3.63, 3.8) is 0 Å². The molecule has 3 nitrogen and oxygen atoms in total. The summed E-state index contributed by atoms with van der Waals surface area (Å²) in [7, 11) is 0. The molecule has 2 aromatic rings. The SMILES string of the molecule is CCNC(c1cccc2ncccc12)C(CC)OCC. The average Bonchev–Trinajstić information content (AvgIpc) is 2.50. The third-order valence-corrected chi connectivity index (χ3v) is 3.59. The molecule has 2 rings (SSSR count). The standard InChI is InChI=1S/C17H24N2O/c1-4-16(20-6-3)17(18-5-2)14-9-7-11-15-13(14)10-8-12-19-15/h7-12,16-18H,4-6H2,1-3H3. The van der Waals surface area contributed by atoms with Gasteiger partial charge < -0.3 is 10.1 Å². The Morgan fingerprint density at radius 1 is 1.15 bits per heavy atom. The van der Waals surface area contributed by atoms with E-state index in [0.717, 1.165) is 25.1 Å². The molecule has 0 bridgehead atoms. The predicted molar refractivity (Wildman–Crippen MR) is 83.9 cm³/mol. The van der Waals surface area contributed by atoms with E-state index in [0.29, 0.717) is 0 Å². The number of nitrogens with zero attached hydrogens (tertiary/aromatic N) is 1. The van der Waals surface area contributed by atoms with Gasteiger partial charge >= 0.3 is 0 Å². The van der Waals surface area contributed by atoms with Crippen molar-refractivity contribution in [2.45, 2.75) is 39.3 Å². The molecule has 108 valence electrons. The molecule has 1 aromatic carbocycles. The zero-order chi connectivity index (χ0) is 14.4. The van der Waals surface area contributed by atoms with Crippen molar-refractivity contribution < 1.29 is 4.74 Å². The Bertz CT molecular complexity index is 536. The van der Waals surface area contributed by atoms with Gasteiger partial charge in [0.2, 0.25) is 0 Å². The number of hydrogen-bond acceptors (Lipinski definition) is 3. The molecule has 0 aliphatic carbocycles. The monoisotopic (exact) mass is 272 g/mol. The Morgan fingerprint density at radius 2 is 2.00 bits per heavy atom. The Morgan fingerprint density at radius 3 is 2.70 bits per heavy atom. The van der Waals surface area contributed by atoms with E-state index < -0.39 is 0 Å². The second kappa shape index (κ2) is 7.36. The summed E-state index contributed by atoms with van der Waals surface area (Å²) in [4.78, 5) is 4.45. The summed E-state index contributed by atoms with van der Waals surface area (Å²) in [6.07, 6.45) is 3.02. The van der Waals surface area contributed by atoms with Crippen LogP contribution < -0.4 is 5.32 Å². The summed E-state index contributed by atoms with van der Waals surface area (Å²) >= 11 is 0. The van der Waals surface area contributed by atoms with Crippen LogP contribution in [0, 0.1) is 0 Å². The molecular weight excluding hydrogens is 248 g/mol. The van der Waals surface area contributed by atoms with E-state index in [-0.39, 0.29) is 12.1 Å². The van der Waals surface area contributed by atoms with Crippen LogP contribution in [-0.4, -0.2) is 24.2 Å². The maximum absolute atomic E-state index is 5.93. The van der Waals surface area contributed by atoms with E-state index in [1.54, 1.807) is 0 Å². The fourth-order valence-electron chi connectivity index (χ4n) is 2.72. The van der Waals surface area contributed by atoms with Gasteiger partial charge in [0.15, 0.2) is 0 Å². The fraction of sp³-hybridized carbons (Fsp3) is 0.471. The van der Waals surface area contributed by atoms with Crippen molar-refractivity contribution in [1.82, 2.24) is 10.3 Å². The van der Waals surface area contributed by atoms with Crippen LogP contribution in [0.4, 0.5) is 0 Å². The second-order valence-electron chi connectivity index (χ2n) is 4.85. The topological polar surface area (TPSA) is 34.2 Å². The summed E-state index contributed by atoms with van der Waals surface area (Å²) in [5.74, 6) is 0. The van der Waals surface area contributed by atoms with Gasteiger partial charge in [-0.25, -0.2) is 0 Å². The summed E-state index contributed by atoms with van der Waals surface area (Å²) in [5, 5.41) is 4.78. The minimum absolute atomic E-state index is 0.186. The van der Waals surface area contributed by atoms with Crippen LogP contribution in [0.3, 0.4) is 0 Å². The van der Waals surface area contributed by atoms with Crippen molar-refractivity contribution in [3.8, 4) is 0 Å². The van der Waals surface area contributed by atoms with Crippen molar-refractivity contribution in [2.75, 3.05) is 13.2 Å². The lowest BCUT2D eigenvalue weighted by atomic mass is 9.95. The first-order valence-electron chi connectivity index (χ1n) is 7.50. The third-order valence-electron chi connectivity index (χ3n) is 3.59. The molecule has 0 spiro atoms. The van der Waals surface area contributed by atoms with Crippen LogP contribution in [0.25, 0.3) is 10.9 Å². The molecule has 20 heavy (non-hydrogen) atoms. The van der Waals surface area contributed by atoms with Crippen LogP contribution in [0.5, 0.6) is 0 Å². The van der Waals surface area contributed by atoms with Crippen molar-refractivity contribution in [1.29, 1.82) is 0 Å². The Balaban J connectivity index is 2.45. The summed E-state index contributed by atoms with van der Waals surface area (Å²) in [6.45, 7) is 8.02. The number of hydrogen-bond donors (Lipinski definition) is 1. The van der Waals surface area contributed by atoms with Gasteiger partial charge in [-0.3, -0.25) is 4.98 Å². The van der Waals surface area contributed by atoms with Gasteiger partial charge in [0, 0.05) is 18.2 Å². The molecule has 0 fully saturated rings. The van der Waals surface area contributed by atoms with Crippen LogP contribution in [-0.2, 0) is 4.74 Å². The van der Waals surface area contributed by atoms with E-state index in [2.05, 4.69) is 55.3 Å². The lowest BCUT2D eigenvalue weighted by Crippen LogP contribution is -2.33. The fourth-order valence-corrected chi connectivity index (χ4v) is 2.72. The number of pyridine rings is 1. The third kappa shape index (κ3) is 3.17. The number of fused-ring (bicyclic) bond motifs is 1. The van der Waals surface area contributed by atoms with Gasteiger partial charge in [-0.1, -0.05) is 32.0 Å². The molecule has 2 atom stereocenters. The Hall–Kier alpha value is -1.45. The zero-order valence-corrected chi connectivity index (χ0v) is 12.6. The van der Waals surface area contributed by atoms with Crippen molar-refractivity contribution in [2.24, 2.45) is 0 Å². The molecule has 1 N–H and O–H groups in total. The van der Waals surface area contributed by atoms with Crippen LogP contribution in [0.15, 0.2) is 36.5 Å². The van der Waals surface area contributed by atoms with Gasteiger partial charge in [0.1, 0.15) is 0 Å². The molecule has 0 aliphatic rings. The quantitative estimate of drug-likeness (QED) is 0.834. The second-order valence-corrected chi connectivity index (χ2v) is 4.85. The Kier molecular flexibility index (Phi) is 5.50. The number of benzene rings is 1. The molecule has 0 saturated carbocycles. The van der Waals surface area contributed by atoms with E-state index in [1.165, 1.54) is 10.9 Å². The van der Waals surface area contributed by atoms with E-state index in [4.69, 9.17) is 4.74 Å². The number of rotatable bonds is 7. The highest BCUT2D eigenvalue weighted by Gasteiger charge is 2.23. The summed E-state index contributed by atoms with van der Waals surface area (Å²) in [6, 6.07) is 10.7. The van der Waals surface area contributed by atoms with Crippen LogP contribution >= 0.6 is 0 Å². The van der Waals surface area contributed by atoms with Gasteiger partial charge in [-0.05, 0) is 37.6 Å². The minimum atomic E-state index is 0.186. The smallest absolute Gasteiger partial charge is 0.0767 e. The normalized spacial score (nSPS) is 14.3. The lowest BCUT2D eigenvalue weighted by molar-refractivity contribution is 0.0322. The maximum atomic E-state index is 5.93. The molecular formula is C17H24N2O. The van der Waals surface area contributed by atoms with Gasteiger partial charge in [-0.2, -0.15) is 0 Å². The van der Waals surface area contributed by atoms with E-state index in [1.807, 2.05) is 12.3 Å². The highest BCUT2D eigenvalue weighted by molar-refractivity contribution is 5.82. The highest BCUT2D eigenvalue weighted by Crippen LogP contribution is 2.28. The van der Waals surface area contributed by atoms with Gasteiger partial charge in [0.05, 0.1) is 17.7 Å². The predicted octanol–water partition coefficient (Wildman–Crippen LogP) is 3.70. The molecule has 0 aliphatic heterocycles. The number of nitrogens with one attached hydrogen (secondary N) is 1. The largest absolute Gasteiger partial charge is 0.377 e. The highest BCUT2D eigenvalue weighted by atomic mass is 16.5. The molecule has 1 aromatic heterocycles. The van der Waals surface area contributed by atoms with E-state index in [9.17, 15) is 0 Å². The number of ether oxygens (including phenoxy) is 1. The summed E-state index contributed by atoms with van der Waals surface area (Å²) in [5.41, 5.74) is 2.32. The summed E-state index contributed by atoms with van der Waals surface area (Å²) < 4.78 is 5.93. The first-order chi connectivity index (χ1) is 9.81. The molecule has 0 saturated heterocycles. The van der Waals surface area contributed by atoms with Gasteiger partial charge in [0.25, 0.3) is 0 Å². The Labute approximate surface area is 121 Å². The molecule has 1 heterocycles. The number of aromatic nitrogens is 1. The van der Waals surface area contributed by atoms with Crippen molar-refractivity contribution in [3.05, 3.63) is 42.1 Å². The molecule has 3 heteroatoms. The first kappa shape index (κ1) is 14.9. The lowest BCUT2D eigenvalue weighted by Gasteiger charge is -2.28. The van der Waals surface area contributed by atoms with Crippen LogP contribution in [0.2, 0.25) is 0 Å². The van der Waals surface area contributed by atoms with Crippen molar-refractivity contribution >= 4 is 10.9 Å². The minimum Gasteiger partial charge on any atom is -0.377 e. The van der Waals surface area contributed by atoms with Gasteiger partial charge in [-0.15, -0.1) is 0 Å². The molecule has 0 amide bonds. The average molecular weight is 272 g/mol. The first-order valence-corrected chi connectivity index (χ1v) is 7.50. The van der Waals surface area contributed by atoms with Crippen LogP contribution in [0.1, 0.15) is 38.8 Å². The zero-order valence-electron chi connectivity index (χ0n) is 12.6. The molecule has 2 unspecified atom stereocenters. The maximum Gasteiger partial charge on any atom is 0.0767 e. The number of likely N-dealkylation sites (N-methyl/N-ethyl adjacent to an activating group) is 1. The molecule has 0 radical (unpaired) electrons. The van der Waals surface area contributed by atoms with E-state index >= 15 is 0 Å².